The molecule has 0 saturated heterocycles. The van der Waals surface area contributed by atoms with Gasteiger partial charge in [-0.25, -0.2) is 8.78 Å². The lowest BCUT2D eigenvalue weighted by molar-refractivity contribution is 0.414. The molecule has 1 atom stereocenters. The minimum atomic E-state index is -0.504. The van der Waals surface area contributed by atoms with Gasteiger partial charge in [-0.2, -0.15) is 0 Å². The van der Waals surface area contributed by atoms with Crippen LogP contribution in [0.15, 0.2) is 40.9 Å². The van der Waals surface area contributed by atoms with Crippen molar-refractivity contribution in [3.63, 3.8) is 0 Å². The smallest absolute Gasteiger partial charge is 0.147 e. The molecular weight excluding hydrogens is 328 g/mol. The first-order valence-corrected chi connectivity index (χ1v) is 6.85. The van der Waals surface area contributed by atoms with Gasteiger partial charge in [-0.1, -0.05) is 12.1 Å². The number of nitrogens with one attached hydrogen (secondary N) is 1. The molecule has 0 fully saturated rings. The second-order valence-electron chi connectivity index (χ2n) is 4.39. The zero-order valence-corrected chi connectivity index (χ0v) is 12.7. The molecule has 0 aliphatic carbocycles. The van der Waals surface area contributed by atoms with Crippen molar-refractivity contribution in [1.82, 2.24) is 0 Å². The molecule has 2 aromatic carbocycles. The summed E-state index contributed by atoms with van der Waals surface area (Å²) in [5.74, 6) is -0.253. The Morgan fingerprint density at radius 3 is 2.35 bits per heavy atom. The monoisotopic (exact) mass is 341 g/mol. The Bertz CT molecular complexity index is 602. The summed E-state index contributed by atoms with van der Waals surface area (Å²) in [6.45, 7) is 1.88. The van der Waals surface area contributed by atoms with Crippen LogP contribution in [0.3, 0.4) is 0 Å². The Kier molecular flexibility index (Phi) is 4.60. The number of hydrogen-bond acceptors (Lipinski definition) is 2. The van der Waals surface area contributed by atoms with E-state index in [-0.39, 0.29) is 16.2 Å². The van der Waals surface area contributed by atoms with E-state index in [2.05, 4.69) is 21.2 Å². The summed E-state index contributed by atoms with van der Waals surface area (Å²) in [7, 11) is 1.59. The van der Waals surface area contributed by atoms with Crippen molar-refractivity contribution in [2.45, 2.75) is 13.0 Å². The van der Waals surface area contributed by atoms with Crippen LogP contribution in [-0.4, -0.2) is 7.11 Å². The van der Waals surface area contributed by atoms with Crippen LogP contribution in [0.25, 0.3) is 0 Å². The van der Waals surface area contributed by atoms with Gasteiger partial charge in [-0.05, 0) is 46.6 Å². The highest BCUT2D eigenvalue weighted by Crippen LogP contribution is 2.27. The van der Waals surface area contributed by atoms with Gasteiger partial charge in [0.05, 0.1) is 17.3 Å². The molecule has 5 heteroatoms. The third-order valence-corrected chi connectivity index (χ3v) is 3.61. The molecular formula is C15H14BrF2NO. The van der Waals surface area contributed by atoms with Crippen LogP contribution in [-0.2, 0) is 0 Å². The first kappa shape index (κ1) is 14.8. The summed E-state index contributed by atoms with van der Waals surface area (Å²) in [5, 5.41) is 2.96. The minimum absolute atomic E-state index is 0.109. The Hall–Kier alpha value is -1.62. The van der Waals surface area contributed by atoms with E-state index in [0.717, 1.165) is 23.4 Å². The molecule has 2 nitrogen and oxygen atoms in total. The zero-order valence-electron chi connectivity index (χ0n) is 11.1. The summed E-state index contributed by atoms with van der Waals surface area (Å²) in [5.41, 5.74) is 1.09. The van der Waals surface area contributed by atoms with Gasteiger partial charge >= 0.3 is 0 Å². The second-order valence-corrected chi connectivity index (χ2v) is 5.24. The van der Waals surface area contributed by atoms with Gasteiger partial charge in [0.1, 0.15) is 17.4 Å². The maximum Gasteiger partial charge on any atom is 0.147 e. The number of rotatable bonds is 4. The van der Waals surface area contributed by atoms with E-state index in [4.69, 9.17) is 4.74 Å². The van der Waals surface area contributed by atoms with Crippen LogP contribution in [0.1, 0.15) is 18.5 Å². The average Bonchev–Trinajstić information content (AvgIpc) is 2.44. The highest BCUT2D eigenvalue weighted by Gasteiger charge is 2.12. The number of anilines is 1. The molecule has 20 heavy (non-hydrogen) atoms. The summed E-state index contributed by atoms with van der Waals surface area (Å²) >= 11 is 2.95. The number of methoxy groups -OCH3 is 1. The van der Waals surface area contributed by atoms with E-state index >= 15 is 0 Å². The van der Waals surface area contributed by atoms with Crippen LogP contribution >= 0.6 is 15.9 Å². The fraction of sp³-hybridized carbons (Fsp3) is 0.200. The van der Waals surface area contributed by atoms with E-state index < -0.39 is 11.6 Å². The third kappa shape index (κ3) is 3.28. The van der Waals surface area contributed by atoms with Gasteiger partial charge < -0.3 is 10.1 Å². The van der Waals surface area contributed by atoms with E-state index in [9.17, 15) is 8.78 Å². The second kappa shape index (κ2) is 6.22. The number of ether oxygens (including phenoxy) is 1. The third-order valence-electron chi connectivity index (χ3n) is 3.00. The zero-order chi connectivity index (χ0) is 14.7. The number of benzene rings is 2. The van der Waals surface area contributed by atoms with Crippen molar-refractivity contribution in [2.24, 2.45) is 0 Å². The quantitative estimate of drug-likeness (QED) is 0.798. The molecule has 0 amide bonds. The van der Waals surface area contributed by atoms with Crippen LogP contribution in [0, 0.1) is 11.6 Å². The maximum atomic E-state index is 13.7. The standard InChI is InChI=1S/C15H14BrF2NO/c1-9(10-3-5-11(20-2)6-4-10)19-15-8-13(17)12(16)7-14(15)18/h3-9,19H,1-2H3. The topological polar surface area (TPSA) is 21.3 Å². The van der Waals surface area contributed by atoms with E-state index in [1.165, 1.54) is 0 Å². The predicted octanol–water partition coefficient (Wildman–Crippen LogP) is 4.91. The summed E-state index contributed by atoms with van der Waals surface area (Å²) in [4.78, 5) is 0. The molecule has 0 spiro atoms. The number of halogens is 3. The highest BCUT2D eigenvalue weighted by molar-refractivity contribution is 9.10. The molecule has 2 rings (SSSR count). The van der Waals surface area contributed by atoms with Crippen molar-refractivity contribution in [1.29, 1.82) is 0 Å². The predicted molar refractivity (Wildman–Crippen MR) is 79.1 cm³/mol. The van der Waals surface area contributed by atoms with Gasteiger partial charge in [-0.15, -0.1) is 0 Å². The fourth-order valence-electron chi connectivity index (χ4n) is 1.84. The van der Waals surface area contributed by atoms with Gasteiger partial charge in [0, 0.05) is 12.1 Å². The Morgan fingerprint density at radius 2 is 1.75 bits per heavy atom. The van der Waals surface area contributed by atoms with Gasteiger partial charge in [-0.3, -0.25) is 0 Å². The molecule has 106 valence electrons. The van der Waals surface area contributed by atoms with Crippen molar-refractivity contribution >= 4 is 21.6 Å². The molecule has 1 N–H and O–H groups in total. The van der Waals surface area contributed by atoms with Crippen molar-refractivity contribution < 1.29 is 13.5 Å². The largest absolute Gasteiger partial charge is 0.497 e. The molecule has 0 heterocycles. The summed E-state index contributed by atoms with van der Waals surface area (Å²) in [6.07, 6.45) is 0. The summed E-state index contributed by atoms with van der Waals surface area (Å²) < 4.78 is 32.4. The minimum Gasteiger partial charge on any atom is -0.497 e. The normalized spacial score (nSPS) is 12.1. The first-order chi connectivity index (χ1) is 9.51. The molecule has 1 unspecified atom stereocenters. The molecule has 0 aromatic heterocycles. The van der Waals surface area contributed by atoms with Crippen LogP contribution in [0.5, 0.6) is 5.75 Å². The molecule has 2 aromatic rings. The van der Waals surface area contributed by atoms with Crippen LogP contribution in [0.2, 0.25) is 0 Å². The van der Waals surface area contributed by atoms with Crippen LogP contribution < -0.4 is 10.1 Å². The maximum absolute atomic E-state index is 13.7. The first-order valence-electron chi connectivity index (χ1n) is 6.06. The van der Waals surface area contributed by atoms with E-state index in [1.54, 1.807) is 7.11 Å². The fourth-order valence-corrected chi connectivity index (χ4v) is 2.16. The van der Waals surface area contributed by atoms with Crippen molar-refractivity contribution in [3.8, 4) is 5.75 Å². The van der Waals surface area contributed by atoms with E-state index in [0.29, 0.717) is 0 Å². The van der Waals surface area contributed by atoms with Gasteiger partial charge in [0.2, 0.25) is 0 Å². The van der Waals surface area contributed by atoms with Crippen molar-refractivity contribution in [3.05, 3.63) is 58.1 Å². The molecule has 0 aliphatic heterocycles. The molecule has 0 radical (unpaired) electrons. The van der Waals surface area contributed by atoms with Gasteiger partial charge in [0.15, 0.2) is 0 Å². The van der Waals surface area contributed by atoms with Crippen molar-refractivity contribution in [2.75, 3.05) is 12.4 Å². The molecule has 0 saturated carbocycles. The molecule has 0 bridgehead atoms. The lowest BCUT2D eigenvalue weighted by atomic mass is 10.1. The Morgan fingerprint density at radius 1 is 1.10 bits per heavy atom. The SMILES string of the molecule is COc1ccc(C(C)Nc2cc(F)c(Br)cc2F)cc1. The Balaban J connectivity index is 2.18. The van der Waals surface area contributed by atoms with Gasteiger partial charge in [0.25, 0.3) is 0 Å². The van der Waals surface area contributed by atoms with Crippen LogP contribution in [0.4, 0.5) is 14.5 Å². The molecule has 0 aliphatic rings. The lowest BCUT2D eigenvalue weighted by Crippen LogP contribution is -2.08. The number of hydrogen-bond donors (Lipinski definition) is 1. The summed E-state index contributed by atoms with van der Waals surface area (Å²) in [6, 6.07) is 9.50. The highest BCUT2D eigenvalue weighted by atomic mass is 79.9. The lowest BCUT2D eigenvalue weighted by Gasteiger charge is -2.17. The Labute approximate surface area is 124 Å². The van der Waals surface area contributed by atoms with E-state index in [1.807, 2.05) is 31.2 Å². The average molecular weight is 342 g/mol.